The van der Waals surface area contributed by atoms with Gasteiger partial charge in [-0.2, -0.15) is 0 Å². The van der Waals surface area contributed by atoms with Gasteiger partial charge in [0.2, 0.25) is 0 Å². The Bertz CT molecular complexity index is 1270. The molecule has 0 radical (unpaired) electrons. The molecule has 1 aliphatic heterocycles. The summed E-state index contributed by atoms with van der Waals surface area (Å²) in [5, 5.41) is 3.31. The van der Waals surface area contributed by atoms with Gasteiger partial charge < -0.3 is 5.32 Å². The average molecular weight is 464 g/mol. The van der Waals surface area contributed by atoms with Crippen LogP contribution in [-0.2, 0) is 13.1 Å². The standard InChI is InChI=1S/C26H33N5O3/c1-4-12-31-23-22(25(33)29-26(31)34)20(15-21(28-23)17(2)3)24(32)27-19-10-13-30(14-11-19)16-18-8-6-5-7-9-18/h5-9,15,17,19H,4,10-14,16H2,1-3H3,(H,27,32)(H,29,33,34). The quantitative estimate of drug-likeness (QED) is 0.561. The van der Waals surface area contributed by atoms with Crippen molar-refractivity contribution in [1.82, 2.24) is 24.8 Å². The zero-order chi connectivity index (χ0) is 24.2. The summed E-state index contributed by atoms with van der Waals surface area (Å²) in [4.78, 5) is 48.0. The highest BCUT2D eigenvalue weighted by Gasteiger charge is 2.25. The first-order valence-corrected chi connectivity index (χ1v) is 12.1. The van der Waals surface area contributed by atoms with E-state index in [2.05, 4.69) is 44.5 Å². The Morgan fingerprint density at radius 2 is 1.88 bits per heavy atom. The SMILES string of the molecule is CCCn1c(=O)[nH]c(=O)c2c(C(=O)NC3CCN(Cc4ccccc4)CC3)cc(C(C)C)nc21. The second-order valence-electron chi connectivity index (χ2n) is 9.37. The number of hydrogen-bond donors (Lipinski definition) is 2. The van der Waals surface area contributed by atoms with Gasteiger partial charge in [0, 0.05) is 37.9 Å². The topological polar surface area (TPSA) is 100 Å². The second kappa shape index (κ2) is 10.3. The number of rotatable bonds is 7. The fourth-order valence-electron chi connectivity index (χ4n) is 4.54. The van der Waals surface area contributed by atoms with Gasteiger partial charge in [-0.1, -0.05) is 51.1 Å². The molecule has 1 amide bonds. The van der Waals surface area contributed by atoms with Gasteiger partial charge in [0.1, 0.15) is 0 Å². The van der Waals surface area contributed by atoms with E-state index >= 15 is 0 Å². The molecule has 1 aliphatic rings. The molecule has 0 aliphatic carbocycles. The number of amides is 1. The highest BCUT2D eigenvalue weighted by Crippen LogP contribution is 2.21. The molecule has 4 rings (SSSR count). The number of fused-ring (bicyclic) bond motifs is 1. The summed E-state index contributed by atoms with van der Waals surface area (Å²) in [6.07, 6.45) is 2.39. The second-order valence-corrected chi connectivity index (χ2v) is 9.37. The molecular weight excluding hydrogens is 430 g/mol. The smallest absolute Gasteiger partial charge is 0.329 e. The van der Waals surface area contributed by atoms with Gasteiger partial charge in [-0.3, -0.25) is 24.0 Å². The Balaban J connectivity index is 1.57. The minimum Gasteiger partial charge on any atom is -0.349 e. The number of aromatic amines is 1. The van der Waals surface area contributed by atoms with Crippen LogP contribution in [0.15, 0.2) is 46.0 Å². The van der Waals surface area contributed by atoms with Gasteiger partial charge in [-0.15, -0.1) is 0 Å². The van der Waals surface area contributed by atoms with E-state index in [0.29, 0.717) is 18.7 Å². The molecule has 2 N–H and O–H groups in total. The van der Waals surface area contributed by atoms with Gasteiger partial charge in [-0.05, 0) is 36.8 Å². The predicted octanol–water partition coefficient (Wildman–Crippen LogP) is 3.01. The number of carbonyl (C=O) groups excluding carboxylic acids is 1. The van der Waals surface area contributed by atoms with E-state index in [4.69, 9.17) is 0 Å². The van der Waals surface area contributed by atoms with Gasteiger partial charge in [0.25, 0.3) is 11.5 Å². The zero-order valence-electron chi connectivity index (χ0n) is 20.1. The third-order valence-corrected chi connectivity index (χ3v) is 6.42. The fourth-order valence-corrected chi connectivity index (χ4v) is 4.54. The lowest BCUT2D eigenvalue weighted by atomic mass is 10.0. The summed E-state index contributed by atoms with van der Waals surface area (Å²) in [7, 11) is 0. The number of benzene rings is 1. The molecule has 1 aromatic carbocycles. The summed E-state index contributed by atoms with van der Waals surface area (Å²) in [6.45, 7) is 9.02. The van der Waals surface area contributed by atoms with Crippen molar-refractivity contribution in [1.29, 1.82) is 0 Å². The van der Waals surface area contributed by atoms with Gasteiger partial charge in [-0.25, -0.2) is 9.78 Å². The maximum Gasteiger partial charge on any atom is 0.329 e. The number of H-pyrrole nitrogens is 1. The molecule has 8 nitrogen and oxygen atoms in total. The van der Waals surface area contributed by atoms with E-state index < -0.39 is 11.2 Å². The minimum atomic E-state index is -0.571. The lowest BCUT2D eigenvalue weighted by Gasteiger charge is -2.32. The maximum atomic E-state index is 13.4. The summed E-state index contributed by atoms with van der Waals surface area (Å²) < 4.78 is 1.46. The van der Waals surface area contributed by atoms with E-state index in [-0.39, 0.29) is 34.5 Å². The molecule has 8 heteroatoms. The number of nitrogens with zero attached hydrogens (tertiary/aromatic N) is 3. The highest BCUT2D eigenvalue weighted by atomic mass is 16.2. The summed E-state index contributed by atoms with van der Waals surface area (Å²) >= 11 is 0. The van der Waals surface area contributed by atoms with Crippen molar-refractivity contribution in [2.45, 2.75) is 65.1 Å². The highest BCUT2D eigenvalue weighted by molar-refractivity contribution is 6.05. The third kappa shape index (κ3) is 5.12. The summed E-state index contributed by atoms with van der Waals surface area (Å²) in [6, 6.07) is 12.1. The van der Waals surface area contributed by atoms with E-state index in [1.807, 2.05) is 26.8 Å². The Morgan fingerprint density at radius 3 is 2.53 bits per heavy atom. The van der Waals surface area contributed by atoms with Crippen molar-refractivity contribution in [2.24, 2.45) is 0 Å². The van der Waals surface area contributed by atoms with E-state index in [9.17, 15) is 14.4 Å². The minimum absolute atomic E-state index is 0.0332. The Labute approximate surface area is 199 Å². The van der Waals surface area contributed by atoms with E-state index in [1.165, 1.54) is 10.1 Å². The van der Waals surface area contributed by atoms with Gasteiger partial charge in [0.05, 0.1) is 10.9 Å². The summed E-state index contributed by atoms with van der Waals surface area (Å²) in [5.41, 5.74) is 1.47. The number of pyridine rings is 1. The number of carbonyl (C=O) groups is 1. The molecule has 3 heterocycles. The Kier molecular flexibility index (Phi) is 7.26. The number of hydrogen-bond acceptors (Lipinski definition) is 5. The van der Waals surface area contributed by atoms with Crippen molar-refractivity contribution < 1.29 is 4.79 Å². The Hall–Kier alpha value is -3.26. The van der Waals surface area contributed by atoms with E-state index in [1.54, 1.807) is 6.07 Å². The predicted molar refractivity (Wildman–Crippen MR) is 133 cm³/mol. The van der Waals surface area contributed by atoms with Crippen LogP contribution < -0.4 is 16.6 Å². The first-order chi connectivity index (χ1) is 16.4. The normalized spacial score (nSPS) is 15.2. The molecule has 2 aromatic heterocycles. The van der Waals surface area contributed by atoms with E-state index in [0.717, 1.165) is 32.5 Å². The molecule has 0 atom stereocenters. The van der Waals surface area contributed by atoms with Crippen LogP contribution in [-0.4, -0.2) is 44.5 Å². The molecule has 0 unspecified atom stereocenters. The van der Waals surface area contributed by atoms with Crippen molar-refractivity contribution in [3.8, 4) is 0 Å². The molecule has 1 saturated heterocycles. The zero-order valence-corrected chi connectivity index (χ0v) is 20.1. The number of nitrogens with one attached hydrogen (secondary N) is 2. The summed E-state index contributed by atoms with van der Waals surface area (Å²) in [5.74, 6) is -0.246. The molecule has 3 aromatic rings. The number of piperidine rings is 1. The molecule has 180 valence electrons. The average Bonchev–Trinajstić information content (AvgIpc) is 2.82. The maximum absolute atomic E-state index is 13.4. The monoisotopic (exact) mass is 463 g/mol. The van der Waals surface area contributed by atoms with Crippen LogP contribution in [0, 0.1) is 0 Å². The molecular formula is C26H33N5O3. The first-order valence-electron chi connectivity index (χ1n) is 12.1. The number of aryl methyl sites for hydroxylation is 1. The number of likely N-dealkylation sites (tertiary alicyclic amines) is 1. The van der Waals surface area contributed by atoms with Crippen LogP contribution in [0.25, 0.3) is 11.0 Å². The largest absolute Gasteiger partial charge is 0.349 e. The van der Waals surface area contributed by atoms with Crippen molar-refractivity contribution in [3.05, 3.63) is 74.1 Å². The van der Waals surface area contributed by atoms with Crippen LogP contribution in [0.3, 0.4) is 0 Å². The molecule has 0 saturated carbocycles. The lowest BCUT2D eigenvalue weighted by Crippen LogP contribution is -2.44. The van der Waals surface area contributed by atoms with Crippen LogP contribution >= 0.6 is 0 Å². The lowest BCUT2D eigenvalue weighted by molar-refractivity contribution is 0.0910. The third-order valence-electron chi connectivity index (χ3n) is 6.42. The number of aromatic nitrogens is 3. The molecule has 0 bridgehead atoms. The molecule has 1 fully saturated rings. The molecule has 0 spiro atoms. The van der Waals surface area contributed by atoms with Crippen molar-refractivity contribution >= 4 is 16.9 Å². The van der Waals surface area contributed by atoms with Crippen molar-refractivity contribution in [3.63, 3.8) is 0 Å². The van der Waals surface area contributed by atoms with Gasteiger partial charge in [0.15, 0.2) is 5.65 Å². The van der Waals surface area contributed by atoms with Gasteiger partial charge >= 0.3 is 5.69 Å². The Morgan fingerprint density at radius 1 is 1.18 bits per heavy atom. The molecule has 34 heavy (non-hydrogen) atoms. The van der Waals surface area contributed by atoms with Crippen molar-refractivity contribution in [2.75, 3.05) is 13.1 Å². The first kappa shape index (κ1) is 23.9. The van der Waals surface area contributed by atoms with Crippen LogP contribution in [0.5, 0.6) is 0 Å². The van der Waals surface area contributed by atoms with Crippen LogP contribution in [0.2, 0.25) is 0 Å². The van der Waals surface area contributed by atoms with Crippen LogP contribution in [0.1, 0.15) is 67.6 Å². The van der Waals surface area contributed by atoms with Crippen LogP contribution in [0.4, 0.5) is 0 Å². The fraction of sp³-hybridized carbons (Fsp3) is 0.462.